The van der Waals surface area contributed by atoms with Gasteiger partial charge >= 0.3 is 0 Å². The zero-order valence-electron chi connectivity index (χ0n) is 7.85. The Hall–Kier alpha value is -0.670. The highest BCUT2D eigenvalue weighted by Crippen LogP contribution is 2.42. The Morgan fingerprint density at radius 3 is 2.29 bits per heavy atom. The topological polar surface area (TPSA) is 63.6 Å². The zero-order chi connectivity index (χ0) is 10.2. The van der Waals surface area contributed by atoms with Crippen LogP contribution in [-0.2, 0) is 14.6 Å². The van der Waals surface area contributed by atoms with E-state index in [2.05, 4.69) is 4.99 Å². The Kier molecular flexibility index (Phi) is 2.45. The summed E-state index contributed by atoms with van der Waals surface area (Å²) in [4.78, 5) is 13.6. The maximum atomic E-state index is 11.4. The van der Waals surface area contributed by atoms with Gasteiger partial charge in [-0.2, -0.15) is 0 Å². The van der Waals surface area contributed by atoms with Gasteiger partial charge in [0.25, 0.3) is 0 Å². The standard InChI is InChI=1S/C9H13NO3S/c11-6-10-3-9-7-1-2-8(9)5-14(12,13)4-7/h7-9H,1-5H2. The molecule has 2 unspecified atom stereocenters. The van der Waals surface area contributed by atoms with Gasteiger partial charge in [0.05, 0.1) is 18.1 Å². The second-order valence-corrected chi connectivity index (χ2v) is 6.42. The second-order valence-electron chi connectivity index (χ2n) is 4.27. The molecule has 2 bridgehead atoms. The molecule has 1 heterocycles. The molecule has 1 aliphatic heterocycles. The molecule has 2 aliphatic rings. The lowest BCUT2D eigenvalue weighted by Crippen LogP contribution is -2.35. The lowest BCUT2D eigenvalue weighted by atomic mass is 9.91. The van der Waals surface area contributed by atoms with Crippen LogP contribution >= 0.6 is 0 Å². The van der Waals surface area contributed by atoms with Crippen LogP contribution in [0.5, 0.6) is 0 Å². The smallest absolute Gasteiger partial charge is 0.229 e. The second kappa shape index (κ2) is 3.48. The van der Waals surface area contributed by atoms with Crippen LogP contribution in [-0.4, -0.2) is 32.5 Å². The number of hydrogen-bond acceptors (Lipinski definition) is 4. The van der Waals surface area contributed by atoms with Gasteiger partial charge in [-0.25, -0.2) is 18.2 Å². The summed E-state index contributed by atoms with van der Waals surface area (Å²) in [6.45, 7) is 0.467. The predicted octanol–water partition coefficient (Wildman–Crippen LogP) is 0.393. The first-order valence-corrected chi connectivity index (χ1v) is 6.68. The first-order chi connectivity index (χ1) is 6.62. The Bertz CT molecular complexity index is 350. The van der Waals surface area contributed by atoms with Crippen molar-refractivity contribution < 1.29 is 13.2 Å². The van der Waals surface area contributed by atoms with Gasteiger partial charge in [-0.15, -0.1) is 0 Å². The minimum atomic E-state index is -2.82. The highest BCUT2D eigenvalue weighted by Gasteiger charge is 2.44. The van der Waals surface area contributed by atoms with Crippen LogP contribution in [0.1, 0.15) is 12.8 Å². The fourth-order valence-electron chi connectivity index (χ4n) is 2.82. The number of rotatable bonds is 2. The van der Waals surface area contributed by atoms with Crippen molar-refractivity contribution >= 4 is 15.9 Å². The minimum absolute atomic E-state index is 0.232. The molecule has 1 saturated heterocycles. The molecule has 0 radical (unpaired) electrons. The van der Waals surface area contributed by atoms with E-state index < -0.39 is 9.84 Å². The molecule has 1 saturated carbocycles. The van der Waals surface area contributed by atoms with Crippen LogP contribution < -0.4 is 0 Å². The number of sulfone groups is 1. The van der Waals surface area contributed by atoms with Crippen molar-refractivity contribution in [1.82, 2.24) is 0 Å². The summed E-state index contributed by atoms with van der Waals surface area (Å²) in [7, 11) is -2.82. The predicted molar refractivity (Wildman–Crippen MR) is 51.3 cm³/mol. The quantitative estimate of drug-likeness (QED) is 0.494. The van der Waals surface area contributed by atoms with E-state index in [1.165, 1.54) is 6.08 Å². The van der Waals surface area contributed by atoms with Crippen molar-refractivity contribution in [3.63, 3.8) is 0 Å². The molecule has 2 fully saturated rings. The van der Waals surface area contributed by atoms with Gasteiger partial charge in [-0.3, -0.25) is 0 Å². The van der Waals surface area contributed by atoms with E-state index in [1.807, 2.05) is 0 Å². The molecule has 5 heteroatoms. The van der Waals surface area contributed by atoms with Gasteiger partial charge in [-0.05, 0) is 30.6 Å². The van der Waals surface area contributed by atoms with Gasteiger partial charge in [0.2, 0.25) is 6.08 Å². The van der Waals surface area contributed by atoms with E-state index in [9.17, 15) is 13.2 Å². The van der Waals surface area contributed by atoms with Crippen LogP contribution in [0, 0.1) is 17.8 Å². The Morgan fingerprint density at radius 2 is 1.79 bits per heavy atom. The third-order valence-corrected chi connectivity index (χ3v) is 5.29. The monoisotopic (exact) mass is 215 g/mol. The first-order valence-electron chi connectivity index (χ1n) is 4.86. The van der Waals surface area contributed by atoms with Crippen molar-refractivity contribution in [2.24, 2.45) is 22.7 Å². The summed E-state index contributed by atoms with van der Waals surface area (Å²) >= 11 is 0. The summed E-state index contributed by atoms with van der Waals surface area (Å²) in [5, 5.41) is 0. The minimum Gasteiger partial charge on any atom is -0.229 e. The van der Waals surface area contributed by atoms with E-state index in [1.54, 1.807) is 0 Å². The lowest BCUT2D eigenvalue weighted by Gasteiger charge is -2.27. The molecule has 2 atom stereocenters. The van der Waals surface area contributed by atoms with Crippen molar-refractivity contribution in [1.29, 1.82) is 0 Å². The molecule has 78 valence electrons. The van der Waals surface area contributed by atoms with Crippen LogP contribution in [0.25, 0.3) is 0 Å². The van der Waals surface area contributed by atoms with Crippen molar-refractivity contribution in [3.05, 3.63) is 0 Å². The Labute approximate surface area is 83.3 Å². The molecule has 2 rings (SSSR count). The van der Waals surface area contributed by atoms with Gasteiger partial charge in [0.15, 0.2) is 9.84 Å². The summed E-state index contributed by atoms with van der Waals surface area (Å²) in [5.74, 6) is 1.36. The van der Waals surface area contributed by atoms with E-state index in [-0.39, 0.29) is 11.8 Å². The normalized spacial score (nSPS) is 39.0. The van der Waals surface area contributed by atoms with E-state index in [4.69, 9.17) is 0 Å². The third kappa shape index (κ3) is 1.74. The Morgan fingerprint density at radius 1 is 1.21 bits per heavy atom. The fraction of sp³-hybridized carbons (Fsp3) is 0.889. The van der Waals surface area contributed by atoms with Crippen molar-refractivity contribution in [2.75, 3.05) is 18.1 Å². The molecule has 14 heavy (non-hydrogen) atoms. The molecule has 0 spiro atoms. The maximum absolute atomic E-state index is 11.4. The highest BCUT2D eigenvalue weighted by atomic mass is 32.2. The van der Waals surface area contributed by atoms with Crippen LogP contribution in [0.3, 0.4) is 0 Å². The highest BCUT2D eigenvalue weighted by molar-refractivity contribution is 7.91. The van der Waals surface area contributed by atoms with E-state index in [0.29, 0.717) is 24.0 Å². The number of carbonyl (C=O) groups excluding carboxylic acids is 1. The molecular formula is C9H13NO3S. The summed E-state index contributed by atoms with van der Waals surface area (Å²) in [6, 6.07) is 0. The van der Waals surface area contributed by atoms with Crippen LogP contribution in [0.4, 0.5) is 0 Å². The summed E-state index contributed by atoms with van der Waals surface area (Å²) < 4.78 is 22.8. The van der Waals surface area contributed by atoms with Crippen LogP contribution in [0.15, 0.2) is 4.99 Å². The van der Waals surface area contributed by atoms with Gasteiger partial charge in [0, 0.05) is 0 Å². The molecule has 0 N–H and O–H groups in total. The first kappa shape index (κ1) is 9.87. The molecule has 4 nitrogen and oxygen atoms in total. The molecule has 1 aliphatic carbocycles. The van der Waals surface area contributed by atoms with Crippen molar-refractivity contribution in [3.8, 4) is 0 Å². The molecule has 0 aromatic rings. The SMILES string of the molecule is O=C=NCC1C2CCC1CS(=O)(=O)C2. The van der Waals surface area contributed by atoms with Gasteiger partial charge in [0.1, 0.15) is 0 Å². The van der Waals surface area contributed by atoms with Crippen LogP contribution in [0.2, 0.25) is 0 Å². The van der Waals surface area contributed by atoms with Gasteiger partial charge in [-0.1, -0.05) is 0 Å². The van der Waals surface area contributed by atoms with Crippen molar-refractivity contribution in [2.45, 2.75) is 12.8 Å². The number of fused-ring (bicyclic) bond motifs is 2. The number of nitrogens with zero attached hydrogens (tertiary/aromatic N) is 1. The van der Waals surface area contributed by atoms with E-state index in [0.717, 1.165) is 12.8 Å². The van der Waals surface area contributed by atoms with E-state index >= 15 is 0 Å². The Balaban J connectivity index is 2.14. The molecular weight excluding hydrogens is 202 g/mol. The fourth-order valence-corrected chi connectivity index (χ4v) is 5.08. The number of aliphatic imine (C=N–C) groups is 1. The largest absolute Gasteiger partial charge is 0.234 e. The average Bonchev–Trinajstić information content (AvgIpc) is 2.34. The average molecular weight is 215 g/mol. The third-order valence-electron chi connectivity index (χ3n) is 3.42. The maximum Gasteiger partial charge on any atom is 0.234 e. The summed E-state index contributed by atoms with van der Waals surface area (Å²) in [6.07, 6.45) is 3.48. The zero-order valence-corrected chi connectivity index (χ0v) is 8.66. The molecule has 0 aromatic carbocycles. The lowest BCUT2D eigenvalue weighted by molar-refractivity contribution is 0.340. The number of isocyanates is 1. The summed E-state index contributed by atoms with van der Waals surface area (Å²) in [5.41, 5.74) is 0. The van der Waals surface area contributed by atoms with Gasteiger partial charge < -0.3 is 0 Å². The number of hydrogen-bond donors (Lipinski definition) is 0. The molecule has 0 aromatic heterocycles. The molecule has 0 amide bonds.